The van der Waals surface area contributed by atoms with E-state index in [1.807, 2.05) is 13.8 Å². The molecule has 0 aliphatic carbocycles. The summed E-state index contributed by atoms with van der Waals surface area (Å²) < 4.78 is 0. The van der Waals surface area contributed by atoms with E-state index in [9.17, 15) is 10.1 Å². The van der Waals surface area contributed by atoms with Gasteiger partial charge >= 0.3 is 5.97 Å². The number of hydrogen-bond donors (Lipinski definition) is 1. The van der Waals surface area contributed by atoms with E-state index in [-0.39, 0.29) is 0 Å². The molecular weight excluding hydrogens is 284 g/mol. The van der Waals surface area contributed by atoms with Gasteiger partial charge in [-0.2, -0.15) is 5.26 Å². The first-order valence-corrected chi connectivity index (χ1v) is 8.07. The second-order valence-corrected chi connectivity index (χ2v) is 7.15. The van der Waals surface area contributed by atoms with Gasteiger partial charge in [0.1, 0.15) is 11.1 Å². The maximum atomic E-state index is 11.1. The van der Waals surface area contributed by atoms with Crippen LogP contribution in [-0.4, -0.2) is 24.2 Å². The highest BCUT2D eigenvalue weighted by atomic mass is 32.1. The van der Waals surface area contributed by atoms with Crippen molar-refractivity contribution < 1.29 is 9.90 Å². The molecule has 1 atom stereocenters. The highest BCUT2D eigenvalue weighted by Crippen LogP contribution is 2.35. The Balaban J connectivity index is 3.08. The minimum Gasteiger partial charge on any atom is -0.481 e. The van der Waals surface area contributed by atoms with E-state index in [1.165, 1.54) is 0 Å². The fourth-order valence-corrected chi connectivity index (χ4v) is 3.20. The van der Waals surface area contributed by atoms with Gasteiger partial charge in [0.05, 0.1) is 11.5 Å². The smallest absolute Gasteiger partial charge is 0.308 e. The Morgan fingerprint density at radius 2 is 2.00 bits per heavy atom. The Kier molecular flexibility index (Phi) is 6.22. The Morgan fingerprint density at radius 1 is 1.38 bits per heavy atom. The summed E-state index contributed by atoms with van der Waals surface area (Å²) in [7, 11) is 0. The summed E-state index contributed by atoms with van der Waals surface area (Å²) in [5.41, 5.74) is 1.70. The molecular formula is C16H24N2O2S. The molecule has 1 aromatic rings. The van der Waals surface area contributed by atoms with E-state index in [0.29, 0.717) is 18.0 Å². The Morgan fingerprint density at radius 3 is 2.48 bits per heavy atom. The predicted molar refractivity (Wildman–Crippen MR) is 87.0 cm³/mol. The summed E-state index contributed by atoms with van der Waals surface area (Å²) in [5, 5.41) is 19.5. The number of hydrogen-bond acceptors (Lipinski definition) is 4. The molecule has 0 saturated carbocycles. The van der Waals surface area contributed by atoms with Crippen molar-refractivity contribution in [2.75, 3.05) is 18.0 Å². The first kappa shape index (κ1) is 17.5. The fraction of sp³-hybridized carbons (Fsp3) is 0.625. The van der Waals surface area contributed by atoms with E-state index in [1.54, 1.807) is 18.3 Å². The lowest BCUT2D eigenvalue weighted by Gasteiger charge is -2.26. The van der Waals surface area contributed by atoms with Crippen molar-refractivity contribution in [1.29, 1.82) is 5.26 Å². The van der Waals surface area contributed by atoms with Crippen LogP contribution < -0.4 is 4.90 Å². The molecule has 0 fully saturated rings. The Bertz CT molecular complexity index is 543. The number of carboxylic acids is 1. The third kappa shape index (κ3) is 4.47. The van der Waals surface area contributed by atoms with Gasteiger partial charge in [-0.05, 0) is 31.7 Å². The lowest BCUT2D eigenvalue weighted by atomic mass is 10.1. The quantitative estimate of drug-likeness (QED) is 0.832. The SMILES string of the molecule is Cc1sc(N(CCC(C)C)CC(C)C(=O)O)c(C#N)c1C. The lowest BCUT2D eigenvalue weighted by Crippen LogP contribution is -2.33. The monoisotopic (exact) mass is 308 g/mol. The van der Waals surface area contributed by atoms with Crippen molar-refractivity contribution in [3.05, 3.63) is 16.0 Å². The number of nitrogens with zero attached hydrogens (tertiary/aromatic N) is 2. The highest BCUT2D eigenvalue weighted by Gasteiger charge is 2.22. The van der Waals surface area contributed by atoms with Crippen LogP contribution in [0.5, 0.6) is 0 Å². The van der Waals surface area contributed by atoms with E-state index in [0.717, 1.165) is 28.4 Å². The number of anilines is 1. The van der Waals surface area contributed by atoms with Crippen LogP contribution in [0.1, 0.15) is 43.2 Å². The molecule has 1 N–H and O–H groups in total. The van der Waals surface area contributed by atoms with Crippen molar-refractivity contribution in [1.82, 2.24) is 0 Å². The molecule has 116 valence electrons. The van der Waals surface area contributed by atoms with Crippen molar-refractivity contribution in [2.45, 2.75) is 41.0 Å². The van der Waals surface area contributed by atoms with Gasteiger partial charge in [-0.15, -0.1) is 11.3 Å². The molecule has 21 heavy (non-hydrogen) atoms. The summed E-state index contributed by atoms with van der Waals surface area (Å²) in [5.74, 6) is -0.709. The molecule has 0 aliphatic rings. The molecule has 0 aromatic carbocycles. The van der Waals surface area contributed by atoms with E-state index in [2.05, 4.69) is 24.8 Å². The van der Waals surface area contributed by atoms with E-state index >= 15 is 0 Å². The van der Waals surface area contributed by atoms with Crippen LogP contribution >= 0.6 is 11.3 Å². The van der Waals surface area contributed by atoms with E-state index in [4.69, 9.17) is 5.11 Å². The highest BCUT2D eigenvalue weighted by molar-refractivity contribution is 7.16. The zero-order valence-electron chi connectivity index (χ0n) is 13.4. The summed E-state index contributed by atoms with van der Waals surface area (Å²) in [6, 6.07) is 2.28. The minimum absolute atomic E-state index is 0.441. The number of rotatable bonds is 7. The molecule has 0 radical (unpaired) electrons. The van der Waals surface area contributed by atoms with Crippen LogP contribution in [0.2, 0.25) is 0 Å². The number of carbonyl (C=O) groups is 1. The lowest BCUT2D eigenvalue weighted by molar-refractivity contribution is -0.140. The zero-order chi connectivity index (χ0) is 16.2. The maximum Gasteiger partial charge on any atom is 0.308 e. The second-order valence-electron chi connectivity index (χ2n) is 5.94. The topological polar surface area (TPSA) is 64.3 Å². The van der Waals surface area contributed by atoms with Crippen molar-refractivity contribution in [3.63, 3.8) is 0 Å². The maximum absolute atomic E-state index is 11.1. The predicted octanol–water partition coefficient (Wildman–Crippen LogP) is 3.81. The Hall–Kier alpha value is -1.54. The van der Waals surface area contributed by atoms with Gasteiger partial charge in [-0.3, -0.25) is 4.79 Å². The molecule has 5 heteroatoms. The molecule has 4 nitrogen and oxygen atoms in total. The summed E-state index contributed by atoms with van der Waals surface area (Å²) in [6.07, 6.45) is 0.979. The number of nitriles is 1. The third-order valence-corrected chi connectivity index (χ3v) is 4.93. The fourth-order valence-electron chi connectivity index (χ4n) is 2.06. The average Bonchev–Trinajstić information content (AvgIpc) is 2.69. The molecule has 0 saturated heterocycles. The molecule has 1 aromatic heterocycles. The molecule has 0 aliphatic heterocycles. The zero-order valence-corrected chi connectivity index (χ0v) is 14.3. The molecule has 1 rings (SSSR count). The number of aliphatic carboxylic acids is 1. The summed E-state index contributed by atoms with van der Waals surface area (Å²) >= 11 is 1.59. The van der Waals surface area contributed by atoms with E-state index < -0.39 is 11.9 Å². The van der Waals surface area contributed by atoms with Gasteiger partial charge < -0.3 is 10.0 Å². The first-order chi connectivity index (χ1) is 9.77. The second kappa shape index (κ2) is 7.46. The molecule has 0 amide bonds. The molecule has 1 heterocycles. The van der Waals surface area contributed by atoms with Gasteiger partial charge in [0.2, 0.25) is 0 Å². The summed E-state index contributed by atoms with van der Waals surface area (Å²) in [6.45, 7) is 11.2. The van der Waals surface area contributed by atoms with Crippen LogP contribution in [0.3, 0.4) is 0 Å². The standard InChI is InChI=1S/C16H24N2O2S/c1-10(2)6-7-18(9-11(3)16(19)20)15-14(8-17)12(4)13(5)21-15/h10-11H,6-7,9H2,1-5H3,(H,19,20). The number of carboxylic acid groups (broad SMARTS) is 1. The van der Waals surface area contributed by atoms with Crippen LogP contribution in [-0.2, 0) is 4.79 Å². The number of thiophene rings is 1. The van der Waals surface area contributed by atoms with Crippen LogP contribution in [0.25, 0.3) is 0 Å². The first-order valence-electron chi connectivity index (χ1n) is 7.25. The Labute approximate surface area is 131 Å². The van der Waals surface area contributed by atoms with Gasteiger partial charge in [-0.1, -0.05) is 20.8 Å². The van der Waals surface area contributed by atoms with Gasteiger partial charge in [0, 0.05) is 18.0 Å². The molecule has 0 spiro atoms. The van der Waals surface area contributed by atoms with Crippen molar-refractivity contribution in [3.8, 4) is 6.07 Å². The van der Waals surface area contributed by atoms with Crippen molar-refractivity contribution in [2.24, 2.45) is 11.8 Å². The average molecular weight is 308 g/mol. The van der Waals surface area contributed by atoms with Crippen LogP contribution in [0.4, 0.5) is 5.00 Å². The molecule has 0 bridgehead atoms. The van der Waals surface area contributed by atoms with Gasteiger partial charge in [0.25, 0.3) is 0 Å². The number of aryl methyl sites for hydroxylation is 1. The van der Waals surface area contributed by atoms with Crippen LogP contribution in [0.15, 0.2) is 0 Å². The summed E-state index contributed by atoms with van der Waals surface area (Å²) in [4.78, 5) is 14.3. The molecule has 1 unspecified atom stereocenters. The van der Waals surface area contributed by atoms with Crippen molar-refractivity contribution >= 4 is 22.3 Å². The van der Waals surface area contributed by atoms with Gasteiger partial charge in [0.15, 0.2) is 0 Å². The van der Waals surface area contributed by atoms with Crippen LogP contribution in [0, 0.1) is 37.0 Å². The minimum atomic E-state index is -0.798. The third-order valence-electron chi connectivity index (χ3n) is 3.66. The van der Waals surface area contributed by atoms with Gasteiger partial charge in [-0.25, -0.2) is 0 Å². The normalized spacial score (nSPS) is 12.2. The largest absolute Gasteiger partial charge is 0.481 e.